The lowest BCUT2D eigenvalue weighted by atomic mass is 9.84. The highest BCUT2D eigenvalue weighted by Gasteiger charge is 2.63. The summed E-state index contributed by atoms with van der Waals surface area (Å²) >= 11 is 0. The topological polar surface area (TPSA) is 89.5 Å². The molecule has 3 aliphatic rings. The Morgan fingerprint density at radius 1 is 0.875 bits per heavy atom. The van der Waals surface area contributed by atoms with E-state index in [0.717, 1.165) is 37.7 Å². The van der Waals surface area contributed by atoms with E-state index in [1.54, 1.807) is 0 Å². The first kappa shape index (κ1) is 23.2. The van der Waals surface area contributed by atoms with Crippen LogP contribution < -0.4 is 0 Å². The Morgan fingerprint density at radius 3 is 2.06 bits per heavy atom. The molecule has 0 aromatic heterocycles. The zero-order valence-electron chi connectivity index (χ0n) is 18.9. The molecule has 3 fully saturated rings. The molecule has 0 unspecified atom stereocenters. The molecule has 32 heavy (non-hydrogen) atoms. The zero-order valence-corrected chi connectivity index (χ0v) is 18.9. The molecule has 1 heterocycles. The van der Waals surface area contributed by atoms with Gasteiger partial charge in [0, 0.05) is 33.8 Å². The largest absolute Gasteiger partial charge is 0.456 e. The van der Waals surface area contributed by atoms with E-state index in [9.17, 15) is 9.59 Å². The molecule has 0 radical (unpaired) electrons. The second-order valence-electron chi connectivity index (χ2n) is 8.75. The molecule has 1 spiro atoms. The van der Waals surface area contributed by atoms with Crippen LogP contribution in [0, 0.1) is 0 Å². The van der Waals surface area contributed by atoms with Crippen molar-refractivity contribution in [1.29, 1.82) is 0 Å². The highest BCUT2D eigenvalue weighted by atomic mass is 16.8. The fraction of sp³-hybridized carbons (Fsp3) is 0.667. The minimum absolute atomic E-state index is 0.329. The van der Waals surface area contributed by atoms with E-state index in [4.69, 9.17) is 28.4 Å². The summed E-state index contributed by atoms with van der Waals surface area (Å²) in [7, 11) is 1.53. The smallest absolute Gasteiger partial charge is 0.303 e. The van der Waals surface area contributed by atoms with Crippen molar-refractivity contribution in [2.75, 3.05) is 7.11 Å². The first-order valence-corrected chi connectivity index (χ1v) is 11.3. The molecule has 0 amide bonds. The zero-order chi connectivity index (χ0) is 22.7. The van der Waals surface area contributed by atoms with Gasteiger partial charge in [-0.3, -0.25) is 9.59 Å². The average molecular weight is 449 g/mol. The fourth-order valence-electron chi connectivity index (χ4n) is 5.12. The molecule has 0 N–H and O–H groups in total. The average Bonchev–Trinajstić information content (AvgIpc) is 3.13. The van der Waals surface area contributed by atoms with Gasteiger partial charge in [0.2, 0.25) is 0 Å². The Bertz CT molecular complexity index is 790. The summed E-state index contributed by atoms with van der Waals surface area (Å²) in [5, 5.41) is 0. The van der Waals surface area contributed by atoms with Gasteiger partial charge in [-0.25, -0.2) is 0 Å². The predicted octanol–water partition coefficient (Wildman–Crippen LogP) is 2.91. The first-order chi connectivity index (χ1) is 15.4. The lowest BCUT2D eigenvalue weighted by Gasteiger charge is -2.45. The standard InChI is InChI=1S/C24H32O8/c1-15(25)29-20-18(27-3)19(28-14-17-10-6-4-7-11-17)22-23(21(20)30-16(2)26)32-24(31-22)12-8-5-9-13-24/h4,6-7,10-11,18-23H,5,8-9,12-14H2,1-3H3/t18-,19+,20+,21-,22-,23+/m1/s1. The van der Waals surface area contributed by atoms with Gasteiger partial charge in [0.25, 0.3) is 0 Å². The Hall–Kier alpha value is -2.00. The van der Waals surface area contributed by atoms with Gasteiger partial charge < -0.3 is 28.4 Å². The van der Waals surface area contributed by atoms with Crippen LogP contribution in [-0.2, 0) is 44.6 Å². The summed E-state index contributed by atoms with van der Waals surface area (Å²) in [6.07, 6.45) is 0.451. The van der Waals surface area contributed by atoms with Gasteiger partial charge in [-0.05, 0) is 18.4 Å². The van der Waals surface area contributed by atoms with Crippen LogP contribution in [0.2, 0.25) is 0 Å². The van der Waals surface area contributed by atoms with E-state index >= 15 is 0 Å². The van der Waals surface area contributed by atoms with E-state index in [1.807, 2.05) is 30.3 Å². The van der Waals surface area contributed by atoms with Crippen molar-refractivity contribution in [2.45, 2.75) is 95.0 Å². The van der Waals surface area contributed by atoms with Crippen molar-refractivity contribution in [3.05, 3.63) is 35.9 Å². The fourth-order valence-corrected chi connectivity index (χ4v) is 5.12. The van der Waals surface area contributed by atoms with Crippen LogP contribution >= 0.6 is 0 Å². The van der Waals surface area contributed by atoms with Gasteiger partial charge in [-0.2, -0.15) is 0 Å². The van der Waals surface area contributed by atoms with Crippen LogP contribution in [0.25, 0.3) is 0 Å². The molecule has 4 rings (SSSR count). The molecular formula is C24H32O8. The number of carbonyl (C=O) groups is 2. The molecule has 0 bridgehead atoms. The van der Waals surface area contributed by atoms with E-state index in [2.05, 4.69) is 0 Å². The van der Waals surface area contributed by atoms with Crippen LogP contribution in [0.1, 0.15) is 51.5 Å². The van der Waals surface area contributed by atoms with E-state index in [1.165, 1.54) is 21.0 Å². The molecule has 8 nitrogen and oxygen atoms in total. The normalized spacial score (nSPS) is 33.5. The monoisotopic (exact) mass is 448 g/mol. The Kier molecular flexibility index (Phi) is 7.14. The SMILES string of the molecule is CO[C@@H]1[C@H](OCc2ccccc2)[C@H]2OC3(CCCCC3)O[C@H]2[C@H](OC(C)=O)[C@H]1OC(C)=O. The summed E-state index contributed by atoms with van der Waals surface area (Å²) in [5.41, 5.74) is 0.997. The number of rotatable bonds is 6. The molecular weight excluding hydrogens is 416 g/mol. The van der Waals surface area contributed by atoms with Crippen molar-refractivity contribution in [2.24, 2.45) is 0 Å². The van der Waals surface area contributed by atoms with E-state index in [0.29, 0.717) is 6.61 Å². The van der Waals surface area contributed by atoms with Crippen molar-refractivity contribution >= 4 is 11.9 Å². The third-order valence-electron chi connectivity index (χ3n) is 6.42. The summed E-state index contributed by atoms with van der Waals surface area (Å²) in [5.74, 6) is -1.73. The van der Waals surface area contributed by atoms with Crippen molar-refractivity contribution in [3.63, 3.8) is 0 Å². The molecule has 2 aliphatic carbocycles. The second-order valence-corrected chi connectivity index (χ2v) is 8.75. The van der Waals surface area contributed by atoms with Crippen LogP contribution in [0.15, 0.2) is 30.3 Å². The molecule has 2 saturated carbocycles. The molecule has 1 aliphatic heterocycles. The maximum absolute atomic E-state index is 12.0. The number of benzene rings is 1. The quantitative estimate of drug-likeness (QED) is 0.614. The summed E-state index contributed by atoms with van der Waals surface area (Å²) < 4.78 is 36.4. The van der Waals surface area contributed by atoms with Gasteiger partial charge >= 0.3 is 11.9 Å². The van der Waals surface area contributed by atoms with Crippen LogP contribution in [0.3, 0.4) is 0 Å². The van der Waals surface area contributed by atoms with Crippen LogP contribution in [-0.4, -0.2) is 61.5 Å². The number of ether oxygens (including phenoxy) is 6. The van der Waals surface area contributed by atoms with Gasteiger partial charge in [-0.1, -0.05) is 36.8 Å². The van der Waals surface area contributed by atoms with Gasteiger partial charge in [-0.15, -0.1) is 0 Å². The highest BCUT2D eigenvalue weighted by Crippen LogP contribution is 2.47. The molecule has 176 valence electrons. The number of carbonyl (C=O) groups excluding carboxylic acids is 2. The first-order valence-electron chi connectivity index (χ1n) is 11.3. The Balaban J connectivity index is 1.66. The summed E-state index contributed by atoms with van der Waals surface area (Å²) in [6, 6.07) is 9.78. The van der Waals surface area contributed by atoms with Crippen molar-refractivity contribution in [3.8, 4) is 0 Å². The third kappa shape index (κ3) is 4.83. The van der Waals surface area contributed by atoms with Gasteiger partial charge in [0.1, 0.15) is 24.4 Å². The minimum atomic E-state index is -0.884. The minimum Gasteiger partial charge on any atom is -0.456 e. The van der Waals surface area contributed by atoms with Gasteiger partial charge in [0.15, 0.2) is 18.0 Å². The maximum atomic E-state index is 12.0. The number of esters is 2. The molecule has 6 atom stereocenters. The number of hydrogen-bond acceptors (Lipinski definition) is 8. The molecule has 1 aromatic carbocycles. The van der Waals surface area contributed by atoms with Crippen molar-refractivity contribution in [1.82, 2.24) is 0 Å². The van der Waals surface area contributed by atoms with E-state index in [-0.39, 0.29) is 0 Å². The Labute approximate surface area is 188 Å². The lowest BCUT2D eigenvalue weighted by Crippen LogP contribution is -2.65. The highest BCUT2D eigenvalue weighted by molar-refractivity contribution is 5.67. The van der Waals surface area contributed by atoms with E-state index < -0.39 is 54.3 Å². The third-order valence-corrected chi connectivity index (χ3v) is 6.42. The van der Waals surface area contributed by atoms with Crippen molar-refractivity contribution < 1.29 is 38.0 Å². The lowest BCUT2D eigenvalue weighted by molar-refractivity contribution is -0.235. The summed E-state index contributed by atoms with van der Waals surface area (Å²) in [4.78, 5) is 23.9. The predicted molar refractivity (Wildman–Crippen MR) is 112 cm³/mol. The Morgan fingerprint density at radius 2 is 1.47 bits per heavy atom. The van der Waals surface area contributed by atoms with Gasteiger partial charge in [0.05, 0.1) is 6.61 Å². The van der Waals surface area contributed by atoms with Crippen LogP contribution in [0.5, 0.6) is 0 Å². The van der Waals surface area contributed by atoms with Crippen LogP contribution in [0.4, 0.5) is 0 Å². The molecule has 8 heteroatoms. The number of fused-ring (bicyclic) bond motifs is 1. The second kappa shape index (κ2) is 9.87. The number of hydrogen-bond donors (Lipinski definition) is 0. The molecule has 1 aromatic rings. The summed E-state index contributed by atoms with van der Waals surface area (Å²) in [6.45, 7) is 2.97. The number of methoxy groups -OCH3 is 1. The maximum Gasteiger partial charge on any atom is 0.303 e. The molecule has 1 saturated heterocycles.